The van der Waals surface area contributed by atoms with Crippen molar-refractivity contribution in [2.24, 2.45) is 5.92 Å². The Labute approximate surface area is 107 Å². The van der Waals surface area contributed by atoms with Gasteiger partial charge in [-0.2, -0.15) is 0 Å². The highest BCUT2D eigenvalue weighted by Crippen LogP contribution is 2.32. The van der Waals surface area contributed by atoms with Crippen molar-refractivity contribution in [2.75, 3.05) is 6.54 Å². The molecule has 1 rings (SSSR count). The van der Waals surface area contributed by atoms with Crippen molar-refractivity contribution in [3.63, 3.8) is 0 Å². The van der Waals surface area contributed by atoms with Crippen molar-refractivity contribution >= 4 is 0 Å². The molecule has 0 amide bonds. The normalized spacial score (nSPS) is 14.1. The number of benzene rings is 1. The summed E-state index contributed by atoms with van der Waals surface area (Å²) >= 11 is 0. The summed E-state index contributed by atoms with van der Waals surface area (Å²) in [6, 6.07) is 9.29. The van der Waals surface area contributed by atoms with E-state index >= 15 is 0 Å². The zero-order chi connectivity index (χ0) is 13.1. The Morgan fingerprint density at radius 3 is 2.18 bits per heavy atom. The molecule has 17 heavy (non-hydrogen) atoms. The highest BCUT2D eigenvalue weighted by atomic mass is 14.9. The van der Waals surface area contributed by atoms with E-state index in [9.17, 15) is 0 Å². The van der Waals surface area contributed by atoms with E-state index in [1.54, 1.807) is 0 Å². The summed E-state index contributed by atoms with van der Waals surface area (Å²) in [6.45, 7) is 14.6. The standard InChI is InChI=1S/C16H27N/c1-7-17-15(12(2)3)13-10-8-9-11-14(13)16(4,5)6/h8-12,15,17H,7H2,1-6H3. The van der Waals surface area contributed by atoms with Gasteiger partial charge in [0.25, 0.3) is 0 Å². The molecule has 96 valence electrons. The Bertz CT molecular complexity index is 347. The van der Waals surface area contributed by atoms with Crippen molar-refractivity contribution in [3.05, 3.63) is 35.4 Å². The molecule has 0 aliphatic heterocycles. The Morgan fingerprint density at radius 2 is 1.71 bits per heavy atom. The molecule has 1 nitrogen and oxygen atoms in total. The second kappa shape index (κ2) is 5.68. The fourth-order valence-corrected chi connectivity index (χ4v) is 2.38. The summed E-state index contributed by atoms with van der Waals surface area (Å²) in [6.07, 6.45) is 0. The van der Waals surface area contributed by atoms with Gasteiger partial charge in [0, 0.05) is 6.04 Å². The quantitative estimate of drug-likeness (QED) is 0.818. The highest BCUT2D eigenvalue weighted by Gasteiger charge is 2.23. The summed E-state index contributed by atoms with van der Waals surface area (Å²) in [5, 5.41) is 3.61. The van der Waals surface area contributed by atoms with Gasteiger partial charge >= 0.3 is 0 Å². The lowest BCUT2D eigenvalue weighted by Crippen LogP contribution is -2.28. The van der Waals surface area contributed by atoms with Crippen LogP contribution in [0.2, 0.25) is 0 Å². The average Bonchev–Trinajstić information content (AvgIpc) is 2.24. The summed E-state index contributed by atoms with van der Waals surface area (Å²) < 4.78 is 0. The molecule has 0 radical (unpaired) electrons. The number of nitrogens with one attached hydrogen (secondary N) is 1. The zero-order valence-electron chi connectivity index (χ0n) is 12.2. The molecule has 1 N–H and O–H groups in total. The van der Waals surface area contributed by atoms with E-state index in [0.717, 1.165) is 6.54 Å². The Balaban J connectivity index is 3.19. The smallest absolute Gasteiger partial charge is 0.0346 e. The summed E-state index contributed by atoms with van der Waals surface area (Å²) in [5.41, 5.74) is 3.12. The predicted octanol–water partition coefficient (Wildman–Crippen LogP) is 4.29. The maximum atomic E-state index is 3.61. The van der Waals surface area contributed by atoms with Gasteiger partial charge in [-0.1, -0.05) is 65.8 Å². The van der Waals surface area contributed by atoms with E-state index in [0.29, 0.717) is 12.0 Å². The van der Waals surface area contributed by atoms with Gasteiger partial charge in [-0.3, -0.25) is 0 Å². The molecule has 1 unspecified atom stereocenters. The largest absolute Gasteiger partial charge is 0.310 e. The van der Waals surface area contributed by atoms with E-state index in [1.165, 1.54) is 11.1 Å². The van der Waals surface area contributed by atoms with Crippen LogP contribution >= 0.6 is 0 Å². The Hall–Kier alpha value is -0.820. The monoisotopic (exact) mass is 233 g/mol. The van der Waals surface area contributed by atoms with E-state index in [2.05, 4.69) is 71.1 Å². The molecule has 0 aromatic heterocycles. The minimum Gasteiger partial charge on any atom is -0.310 e. The van der Waals surface area contributed by atoms with E-state index in [1.807, 2.05) is 0 Å². The zero-order valence-corrected chi connectivity index (χ0v) is 12.2. The molecule has 1 aromatic rings. The highest BCUT2D eigenvalue weighted by molar-refractivity contribution is 5.35. The van der Waals surface area contributed by atoms with Crippen LogP contribution in [0, 0.1) is 5.92 Å². The van der Waals surface area contributed by atoms with E-state index in [4.69, 9.17) is 0 Å². The van der Waals surface area contributed by atoms with Crippen LogP contribution in [0.15, 0.2) is 24.3 Å². The van der Waals surface area contributed by atoms with Gasteiger partial charge in [-0.25, -0.2) is 0 Å². The van der Waals surface area contributed by atoms with Crippen LogP contribution in [0.4, 0.5) is 0 Å². The Morgan fingerprint density at radius 1 is 1.12 bits per heavy atom. The van der Waals surface area contributed by atoms with Crippen molar-refractivity contribution in [2.45, 2.75) is 53.0 Å². The van der Waals surface area contributed by atoms with Gasteiger partial charge < -0.3 is 5.32 Å². The molecular weight excluding hydrogens is 206 g/mol. The molecule has 0 heterocycles. The van der Waals surface area contributed by atoms with Crippen LogP contribution in [0.25, 0.3) is 0 Å². The summed E-state index contributed by atoms with van der Waals surface area (Å²) in [4.78, 5) is 0. The molecule has 0 fully saturated rings. The minimum absolute atomic E-state index is 0.207. The lowest BCUT2D eigenvalue weighted by Gasteiger charge is -2.30. The molecular formula is C16H27N. The molecule has 0 saturated carbocycles. The lowest BCUT2D eigenvalue weighted by atomic mass is 9.80. The maximum Gasteiger partial charge on any atom is 0.0346 e. The lowest BCUT2D eigenvalue weighted by molar-refractivity contribution is 0.412. The van der Waals surface area contributed by atoms with Crippen molar-refractivity contribution in [1.29, 1.82) is 0 Å². The molecule has 1 heteroatoms. The molecule has 0 bridgehead atoms. The van der Waals surface area contributed by atoms with Crippen LogP contribution in [0.5, 0.6) is 0 Å². The third-order valence-corrected chi connectivity index (χ3v) is 3.19. The second-order valence-electron chi connectivity index (χ2n) is 6.12. The third kappa shape index (κ3) is 3.57. The van der Waals surface area contributed by atoms with Gasteiger partial charge in [0.2, 0.25) is 0 Å². The molecule has 0 aliphatic rings. The van der Waals surface area contributed by atoms with E-state index < -0.39 is 0 Å². The second-order valence-corrected chi connectivity index (χ2v) is 6.12. The number of hydrogen-bond acceptors (Lipinski definition) is 1. The van der Waals surface area contributed by atoms with E-state index in [-0.39, 0.29) is 5.41 Å². The van der Waals surface area contributed by atoms with Gasteiger partial charge in [0.05, 0.1) is 0 Å². The van der Waals surface area contributed by atoms with Crippen LogP contribution in [-0.4, -0.2) is 6.54 Å². The Kier molecular flexibility index (Phi) is 4.76. The van der Waals surface area contributed by atoms with Gasteiger partial charge in [-0.15, -0.1) is 0 Å². The predicted molar refractivity (Wildman–Crippen MR) is 76.4 cm³/mol. The van der Waals surface area contributed by atoms with Crippen LogP contribution in [0.3, 0.4) is 0 Å². The van der Waals surface area contributed by atoms with Crippen LogP contribution in [0.1, 0.15) is 58.7 Å². The first-order chi connectivity index (χ1) is 7.88. The van der Waals surface area contributed by atoms with Crippen LogP contribution in [-0.2, 0) is 5.41 Å². The van der Waals surface area contributed by atoms with Gasteiger partial charge in [-0.05, 0) is 29.0 Å². The van der Waals surface area contributed by atoms with Gasteiger partial charge in [0.1, 0.15) is 0 Å². The fraction of sp³-hybridized carbons (Fsp3) is 0.625. The van der Waals surface area contributed by atoms with Crippen molar-refractivity contribution < 1.29 is 0 Å². The van der Waals surface area contributed by atoms with Gasteiger partial charge in [0.15, 0.2) is 0 Å². The molecule has 1 atom stereocenters. The van der Waals surface area contributed by atoms with Crippen molar-refractivity contribution in [1.82, 2.24) is 5.32 Å². The first-order valence-electron chi connectivity index (χ1n) is 6.70. The fourth-order valence-electron chi connectivity index (χ4n) is 2.38. The van der Waals surface area contributed by atoms with Crippen molar-refractivity contribution in [3.8, 4) is 0 Å². The summed E-state index contributed by atoms with van der Waals surface area (Å²) in [7, 11) is 0. The minimum atomic E-state index is 0.207. The molecule has 0 spiro atoms. The molecule has 0 saturated heterocycles. The molecule has 1 aromatic carbocycles. The topological polar surface area (TPSA) is 12.0 Å². The van der Waals surface area contributed by atoms with Crippen LogP contribution < -0.4 is 5.32 Å². The number of hydrogen-bond donors (Lipinski definition) is 1. The first-order valence-corrected chi connectivity index (χ1v) is 6.70. The third-order valence-electron chi connectivity index (χ3n) is 3.19. The average molecular weight is 233 g/mol. The number of rotatable bonds is 4. The maximum absolute atomic E-state index is 3.61. The SMILES string of the molecule is CCNC(c1ccccc1C(C)(C)C)C(C)C. The molecule has 0 aliphatic carbocycles. The first kappa shape index (κ1) is 14.2. The summed E-state index contributed by atoms with van der Waals surface area (Å²) in [5.74, 6) is 0.610.